The van der Waals surface area contributed by atoms with Gasteiger partial charge in [0.1, 0.15) is 0 Å². The fourth-order valence-electron chi connectivity index (χ4n) is 16.6. The summed E-state index contributed by atoms with van der Waals surface area (Å²) in [5, 5.41) is 0. The molecule has 490 valence electrons. The zero-order valence-corrected chi connectivity index (χ0v) is 60.2. The van der Waals surface area contributed by atoms with Crippen molar-refractivity contribution in [3.8, 4) is 66.8 Å². The molecule has 102 heavy (non-hydrogen) atoms. The van der Waals surface area contributed by atoms with Crippen LogP contribution in [0.2, 0.25) is 0 Å². The van der Waals surface area contributed by atoms with Crippen molar-refractivity contribution in [2.45, 2.75) is 88.3 Å². The van der Waals surface area contributed by atoms with Crippen molar-refractivity contribution < 1.29 is 0 Å². The van der Waals surface area contributed by atoms with Crippen molar-refractivity contribution in [2.75, 3.05) is 14.7 Å². The Hall–Kier alpha value is -11.0. The molecule has 0 saturated carbocycles. The van der Waals surface area contributed by atoms with Gasteiger partial charge in [-0.05, 0) is 159 Å². The third-order valence-corrected chi connectivity index (χ3v) is 22.9. The second-order valence-corrected chi connectivity index (χ2v) is 32.3. The van der Waals surface area contributed by atoms with Crippen molar-refractivity contribution >= 4 is 109 Å². The number of benzene rings is 14. The third kappa shape index (κ3) is 10.6. The summed E-state index contributed by atoms with van der Waals surface area (Å²) in [5.41, 5.74) is 36.0. The fourth-order valence-corrected chi connectivity index (χ4v) is 17.8. The first-order chi connectivity index (χ1) is 49.5. The summed E-state index contributed by atoms with van der Waals surface area (Å²) in [6.07, 6.45) is 0. The Balaban J connectivity index is 0.983. The molecule has 0 atom stereocenters. The van der Waals surface area contributed by atoms with Crippen LogP contribution in [0.3, 0.4) is 0 Å². The molecule has 18 rings (SSSR count). The van der Waals surface area contributed by atoms with Gasteiger partial charge in [-0.1, -0.05) is 340 Å². The Morgan fingerprint density at radius 3 is 0.990 bits per heavy atom. The standard InChI is InChI=1S/C96H79B2N3S/c1-94(2,3)70-46-50-73(51-47-70)99-82-58-71(95(4,5)6)48-52-78(82)97-80-60-81-88(61-84(80)101(86-55-68(54-85(99)90(86)97)62-30-16-10-17-31-62)93-76(66-38-24-14-25-39-66)44-29-45-77(93)67-40-26-15-27-41-67)102-89-57-69(63-32-18-11-19-33-63)56-87-91(89)98(81)79-53-49-72(96(7,8)9)59-83(79)100(87)92-74(64-34-20-12-21-35-64)42-28-43-75(92)65-36-22-13-23-37-65/h10-61H,1-9H3. The van der Waals surface area contributed by atoms with Crippen LogP contribution in [0.25, 0.3) is 66.8 Å². The van der Waals surface area contributed by atoms with Gasteiger partial charge in [0, 0.05) is 71.9 Å². The molecule has 3 nitrogen and oxygen atoms in total. The van der Waals surface area contributed by atoms with Gasteiger partial charge < -0.3 is 14.7 Å². The highest BCUT2D eigenvalue weighted by atomic mass is 32.2. The molecule has 0 aromatic heterocycles. The van der Waals surface area contributed by atoms with Crippen molar-refractivity contribution in [3.63, 3.8) is 0 Å². The van der Waals surface area contributed by atoms with Gasteiger partial charge in [-0.2, -0.15) is 0 Å². The van der Waals surface area contributed by atoms with Crippen LogP contribution in [-0.4, -0.2) is 13.4 Å². The van der Waals surface area contributed by atoms with Crippen LogP contribution in [0.5, 0.6) is 0 Å². The minimum Gasteiger partial charge on any atom is -0.311 e. The second kappa shape index (κ2) is 24.4. The Morgan fingerprint density at radius 1 is 0.235 bits per heavy atom. The number of hydrogen-bond acceptors (Lipinski definition) is 4. The lowest BCUT2D eigenvalue weighted by atomic mass is 9.31. The number of rotatable bonds is 9. The van der Waals surface area contributed by atoms with Gasteiger partial charge in [0.25, 0.3) is 6.71 Å². The highest BCUT2D eigenvalue weighted by molar-refractivity contribution is 8.00. The number of anilines is 9. The average Bonchev–Trinajstić information content (AvgIpc) is 0.686. The first kappa shape index (κ1) is 63.2. The van der Waals surface area contributed by atoms with E-state index in [1.165, 1.54) is 138 Å². The fraction of sp³-hybridized carbons (Fsp3) is 0.125. The lowest BCUT2D eigenvalue weighted by Gasteiger charge is -2.47. The summed E-state index contributed by atoms with van der Waals surface area (Å²) in [6.45, 7) is 20.8. The summed E-state index contributed by atoms with van der Waals surface area (Å²) in [6, 6.07) is 120. The van der Waals surface area contributed by atoms with E-state index in [2.05, 4.69) is 392 Å². The normalized spacial score (nSPS) is 13.4. The minimum atomic E-state index is -0.185. The summed E-state index contributed by atoms with van der Waals surface area (Å²) in [5.74, 6) is 0. The van der Waals surface area contributed by atoms with Crippen molar-refractivity contribution in [2.24, 2.45) is 0 Å². The Labute approximate surface area is 607 Å². The summed E-state index contributed by atoms with van der Waals surface area (Å²) in [4.78, 5) is 10.5. The smallest absolute Gasteiger partial charge is 0.252 e. The number of fused-ring (bicyclic) bond motifs is 8. The Morgan fingerprint density at radius 2 is 0.578 bits per heavy atom. The molecule has 4 aliphatic rings. The summed E-state index contributed by atoms with van der Waals surface area (Å²) >= 11 is 1.95. The zero-order valence-electron chi connectivity index (χ0n) is 59.4. The van der Waals surface area contributed by atoms with Gasteiger partial charge in [-0.25, -0.2) is 0 Å². The summed E-state index contributed by atoms with van der Waals surface area (Å²) < 4.78 is 0. The van der Waals surface area contributed by atoms with E-state index in [-0.39, 0.29) is 29.7 Å². The average molecular weight is 1330 g/mol. The first-order valence-electron chi connectivity index (χ1n) is 36.1. The molecule has 0 aliphatic carbocycles. The maximum absolute atomic E-state index is 2.72. The van der Waals surface area contributed by atoms with Crippen molar-refractivity contribution in [1.29, 1.82) is 0 Å². The third-order valence-electron chi connectivity index (χ3n) is 21.8. The van der Waals surface area contributed by atoms with Gasteiger partial charge in [-0.15, -0.1) is 0 Å². The maximum atomic E-state index is 2.72. The molecule has 14 aromatic rings. The van der Waals surface area contributed by atoms with Crippen LogP contribution in [0, 0.1) is 0 Å². The van der Waals surface area contributed by atoms with Crippen LogP contribution in [-0.2, 0) is 16.2 Å². The molecule has 14 aromatic carbocycles. The molecule has 0 saturated heterocycles. The Kier molecular flexibility index (Phi) is 15.1. The van der Waals surface area contributed by atoms with E-state index >= 15 is 0 Å². The van der Waals surface area contributed by atoms with Crippen LogP contribution in [0.4, 0.5) is 51.2 Å². The molecule has 0 bridgehead atoms. The maximum Gasteiger partial charge on any atom is 0.252 e. The molecule has 0 unspecified atom stereocenters. The highest BCUT2D eigenvalue weighted by Gasteiger charge is 2.49. The number of para-hydroxylation sites is 2. The molecule has 4 heterocycles. The SMILES string of the molecule is CC(C)(C)c1ccc(N2c3cc(C(C)(C)C)ccc3B3c4cc5c(cc4N(c4c(-c6ccccc6)cccc4-c4ccccc4)c4cc(-c6ccccc6)cc2c43)Sc2cc(-c3ccccc3)cc3c2B5c2ccc(C(C)(C)C)cc2N3c2c(-c3ccccc3)cccc2-c2ccccc2)cc1. The van der Waals surface area contributed by atoms with Gasteiger partial charge in [-0.3, -0.25) is 0 Å². The molecule has 0 spiro atoms. The number of hydrogen-bond donors (Lipinski definition) is 0. The van der Waals surface area contributed by atoms with E-state index in [0.717, 1.165) is 39.2 Å². The molecule has 0 fully saturated rings. The quantitative estimate of drug-likeness (QED) is 0.133. The lowest BCUT2D eigenvalue weighted by Crippen LogP contribution is -2.64. The van der Waals surface area contributed by atoms with Crippen molar-refractivity contribution in [1.82, 2.24) is 0 Å². The highest BCUT2D eigenvalue weighted by Crippen LogP contribution is 2.55. The lowest BCUT2D eigenvalue weighted by molar-refractivity contribution is 0.590. The Bertz CT molecular complexity index is 5490. The molecular weight excluding hydrogens is 1250 g/mol. The van der Waals surface area contributed by atoms with E-state index in [4.69, 9.17) is 0 Å². The van der Waals surface area contributed by atoms with Gasteiger partial charge >= 0.3 is 0 Å². The predicted octanol–water partition coefficient (Wildman–Crippen LogP) is 22.4. The van der Waals surface area contributed by atoms with Crippen LogP contribution < -0.4 is 47.5 Å². The van der Waals surface area contributed by atoms with E-state index in [9.17, 15) is 0 Å². The molecule has 4 aliphatic heterocycles. The number of nitrogens with zero attached hydrogens (tertiary/aromatic N) is 3. The van der Waals surface area contributed by atoms with E-state index in [0.29, 0.717) is 0 Å². The van der Waals surface area contributed by atoms with Gasteiger partial charge in [0.15, 0.2) is 0 Å². The van der Waals surface area contributed by atoms with E-state index in [1.54, 1.807) is 0 Å². The van der Waals surface area contributed by atoms with E-state index < -0.39 is 0 Å². The van der Waals surface area contributed by atoms with Gasteiger partial charge in [0.2, 0.25) is 6.71 Å². The van der Waals surface area contributed by atoms with Crippen LogP contribution >= 0.6 is 11.8 Å². The van der Waals surface area contributed by atoms with Crippen LogP contribution in [0.1, 0.15) is 79.0 Å². The zero-order chi connectivity index (χ0) is 69.3. The van der Waals surface area contributed by atoms with E-state index in [1.807, 2.05) is 11.8 Å². The molecule has 6 heteroatoms. The second-order valence-electron chi connectivity index (χ2n) is 31.2. The minimum absolute atomic E-state index is 0.0330. The molecular formula is C96H79B2N3S. The van der Waals surface area contributed by atoms with Gasteiger partial charge in [0.05, 0.1) is 11.4 Å². The monoisotopic (exact) mass is 1330 g/mol. The molecule has 0 N–H and O–H groups in total. The van der Waals surface area contributed by atoms with Crippen LogP contribution in [0.15, 0.2) is 325 Å². The van der Waals surface area contributed by atoms with Crippen molar-refractivity contribution in [3.05, 3.63) is 332 Å². The summed E-state index contributed by atoms with van der Waals surface area (Å²) in [7, 11) is 0. The predicted molar refractivity (Wildman–Crippen MR) is 439 cm³/mol. The largest absolute Gasteiger partial charge is 0.311 e. The molecule has 0 radical (unpaired) electrons. The molecule has 0 amide bonds. The first-order valence-corrected chi connectivity index (χ1v) is 36.9. The topological polar surface area (TPSA) is 9.72 Å².